The molecule has 0 aliphatic rings. The molecule has 0 bridgehead atoms. The quantitative estimate of drug-likeness (QED) is 0.207. The third kappa shape index (κ3) is 3.28. The molecule has 190 valence electrons. The second-order valence-electron chi connectivity index (χ2n) is 10.8. The molecule has 0 fully saturated rings. The van der Waals surface area contributed by atoms with Gasteiger partial charge in [-0.1, -0.05) is 115 Å². The van der Waals surface area contributed by atoms with E-state index in [1.165, 1.54) is 54.3 Å². The first-order valence-corrected chi connectivity index (χ1v) is 14.1. The summed E-state index contributed by atoms with van der Waals surface area (Å²) in [7, 11) is 0. The fourth-order valence-electron chi connectivity index (χ4n) is 6.63. The van der Waals surface area contributed by atoms with E-state index in [1.54, 1.807) is 0 Å². The third-order valence-corrected chi connectivity index (χ3v) is 8.54. The summed E-state index contributed by atoms with van der Waals surface area (Å²) in [6.07, 6.45) is 0. The van der Waals surface area contributed by atoms with Crippen molar-refractivity contribution in [1.29, 1.82) is 0 Å². The molecule has 9 aromatic rings. The Morgan fingerprint density at radius 3 is 1.88 bits per heavy atom. The molecule has 0 spiro atoms. The monoisotopic (exact) mass is 520 g/mol. The fourth-order valence-corrected chi connectivity index (χ4v) is 6.63. The normalized spacial score (nSPS) is 11.9. The summed E-state index contributed by atoms with van der Waals surface area (Å²) in [4.78, 5) is 5.18. The van der Waals surface area contributed by atoms with Crippen LogP contribution in [-0.2, 0) is 0 Å². The molecule has 2 nitrogen and oxygen atoms in total. The van der Waals surface area contributed by atoms with Gasteiger partial charge in [0.1, 0.15) is 0 Å². The van der Waals surface area contributed by atoms with Crippen LogP contribution in [0.4, 0.5) is 0 Å². The first-order valence-electron chi connectivity index (χ1n) is 14.1. The van der Waals surface area contributed by atoms with Crippen LogP contribution in [0.1, 0.15) is 0 Å². The lowest BCUT2D eigenvalue weighted by atomic mass is 9.90. The van der Waals surface area contributed by atoms with E-state index in [1.807, 2.05) is 0 Å². The van der Waals surface area contributed by atoms with Crippen LogP contribution in [0.5, 0.6) is 0 Å². The van der Waals surface area contributed by atoms with E-state index in [0.29, 0.717) is 0 Å². The Labute approximate surface area is 236 Å². The van der Waals surface area contributed by atoms with Crippen LogP contribution in [0.3, 0.4) is 0 Å². The second kappa shape index (κ2) is 8.51. The Morgan fingerprint density at radius 2 is 1.02 bits per heavy atom. The molecular formula is C39H24N2. The van der Waals surface area contributed by atoms with E-state index in [4.69, 9.17) is 4.98 Å². The minimum absolute atomic E-state index is 0.993. The number of aromatic nitrogens is 2. The summed E-state index contributed by atoms with van der Waals surface area (Å²) in [6, 6.07) is 52.5. The molecule has 0 unspecified atom stereocenters. The Morgan fingerprint density at radius 1 is 0.390 bits per heavy atom. The number of fused-ring (bicyclic) bond motifs is 10. The van der Waals surface area contributed by atoms with Gasteiger partial charge in [-0.15, -0.1) is 0 Å². The molecule has 9 rings (SSSR count). The standard InChI is InChI=1S/C39H24N2/c1-3-11-29-25(9-1)21-22-32-30-12-4-5-13-31(30)33(24-34(29)32)26-17-19-27(20-18-26)39-38-23-28-10-2-7-15-36(28)41(38)37-16-8-6-14-35(37)40-39/h1-24H. The third-order valence-electron chi connectivity index (χ3n) is 8.54. The number of hydrogen-bond acceptors (Lipinski definition) is 1. The highest BCUT2D eigenvalue weighted by Gasteiger charge is 2.15. The lowest BCUT2D eigenvalue weighted by Crippen LogP contribution is -1.95. The van der Waals surface area contributed by atoms with E-state index < -0.39 is 0 Å². The smallest absolute Gasteiger partial charge is 0.0950 e. The van der Waals surface area contributed by atoms with Gasteiger partial charge < -0.3 is 4.40 Å². The molecule has 2 heteroatoms. The Balaban J connectivity index is 1.28. The van der Waals surface area contributed by atoms with E-state index in [9.17, 15) is 0 Å². The number of para-hydroxylation sites is 3. The average molecular weight is 521 g/mol. The van der Waals surface area contributed by atoms with Gasteiger partial charge in [-0.2, -0.15) is 0 Å². The molecule has 7 aromatic carbocycles. The van der Waals surface area contributed by atoms with Gasteiger partial charge in [-0.05, 0) is 73.8 Å². The van der Waals surface area contributed by atoms with Gasteiger partial charge in [0.2, 0.25) is 0 Å². The van der Waals surface area contributed by atoms with E-state index in [2.05, 4.69) is 150 Å². The van der Waals surface area contributed by atoms with Crippen molar-refractivity contribution < 1.29 is 0 Å². The Hall–Kier alpha value is -5.47. The highest BCUT2D eigenvalue weighted by Crippen LogP contribution is 2.39. The van der Waals surface area contributed by atoms with Gasteiger partial charge in [-0.25, -0.2) is 4.98 Å². The van der Waals surface area contributed by atoms with Gasteiger partial charge in [-0.3, -0.25) is 0 Å². The topological polar surface area (TPSA) is 17.3 Å². The number of benzene rings is 7. The van der Waals surface area contributed by atoms with Crippen LogP contribution < -0.4 is 0 Å². The zero-order valence-corrected chi connectivity index (χ0v) is 22.3. The largest absolute Gasteiger partial charge is 0.306 e. The highest BCUT2D eigenvalue weighted by molar-refractivity contribution is 6.21. The van der Waals surface area contributed by atoms with Crippen molar-refractivity contribution >= 4 is 59.8 Å². The lowest BCUT2D eigenvalue weighted by molar-refractivity contribution is 1.27. The molecule has 2 aromatic heterocycles. The maximum atomic E-state index is 5.18. The van der Waals surface area contributed by atoms with Gasteiger partial charge in [0.15, 0.2) is 0 Å². The zero-order chi connectivity index (χ0) is 26.9. The predicted octanol–water partition coefficient (Wildman–Crippen LogP) is 10.4. The van der Waals surface area contributed by atoms with Crippen molar-refractivity contribution in [3.05, 3.63) is 146 Å². The van der Waals surface area contributed by atoms with Gasteiger partial charge in [0.25, 0.3) is 0 Å². The van der Waals surface area contributed by atoms with Crippen molar-refractivity contribution in [2.24, 2.45) is 0 Å². The molecule has 0 atom stereocenters. The summed E-state index contributed by atoms with van der Waals surface area (Å²) >= 11 is 0. The van der Waals surface area contributed by atoms with Crippen LogP contribution >= 0.6 is 0 Å². The molecule has 0 saturated carbocycles. The summed E-state index contributed by atoms with van der Waals surface area (Å²) in [5, 5.41) is 8.92. The average Bonchev–Trinajstić information content (AvgIpc) is 3.44. The maximum absolute atomic E-state index is 5.18. The van der Waals surface area contributed by atoms with Gasteiger partial charge in [0, 0.05) is 10.9 Å². The van der Waals surface area contributed by atoms with Crippen LogP contribution in [0.25, 0.3) is 82.2 Å². The summed E-state index contributed by atoms with van der Waals surface area (Å²) < 4.78 is 2.35. The minimum atomic E-state index is 0.993. The molecule has 41 heavy (non-hydrogen) atoms. The Bertz CT molecular complexity index is 2460. The van der Waals surface area contributed by atoms with Crippen LogP contribution in [0, 0.1) is 0 Å². The number of nitrogens with zero attached hydrogens (tertiary/aromatic N) is 2. The second-order valence-corrected chi connectivity index (χ2v) is 10.8. The molecule has 0 saturated heterocycles. The summed E-state index contributed by atoms with van der Waals surface area (Å²) in [5.74, 6) is 0. The molecule has 0 aliphatic heterocycles. The first-order chi connectivity index (χ1) is 20.3. The first kappa shape index (κ1) is 22.4. The fraction of sp³-hybridized carbons (Fsp3) is 0. The zero-order valence-electron chi connectivity index (χ0n) is 22.3. The summed E-state index contributed by atoms with van der Waals surface area (Å²) in [5.41, 5.74) is 9.02. The molecule has 0 aliphatic carbocycles. The van der Waals surface area contributed by atoms with E-state index >= 15 is 0 Å². The van der Waals surface area contributed by atoms with Crippen molar-refractivity contribution in [2.45, 2.75) is 0 Å². The Kier molecular flexibility index (Phi) is 4.64. The van der Waals surface area contributed by atoms with Crippen molar-refractivity contribution in [3.8, 4) is 22.4 Å². The van der Waals surface area contributed by atoms with Gasteiger partial charge in [0.05, 0.1) is 27.8 Å². The lowest BCUT2D eigenvalue weighted by Gasteiger charge is -2.14. The van der Waals surface area contributed by atoms with Gasteiger partial charge >= 0.3 is 0 Å². The predicted molar refractivity (Wildman–Crippen MR) is 174 cm³/mol. The van der Waals surface area contributed by atoms with E-state index in [0.717, 1.165) is 27.8 Å². The molecule has 0 amide bonds. The molecule has 0 radical (unpaired) electrons. The SMILES string of the molecule is c1ccc2c(c1)ccc1c3ccccc3c(-c3ccc(-c4nc5ccccc5n5c4cc4ccccc45)cc3)cc21. The van der Waals surface area contributed by atoms with Crippen molar-refractivity contribution in [3.63, 3.8) is 0 Å². The molecule has 0 N–H and O–H groups in total. The van der Waals surface area contributed by atoms with E-state index in [-0.39, 0.29) is 0 Å². The summed E-state index contributed by atoms with van der Waals surface area (Å²) in [6.45, 7) is 0. The molecule has 2 heterocycles. The molecular weight excluding hydrogens is 496 g/mol. The maximum Gasteiger partial charge on any atom is 0.0950 e. The van der Waals surface area contributed by atoms with Crippen LogP contribution in [-0.4, -0.2) is 9.38 Å². The van der Waals surface area contributed by atoms with Crippen molar-refractivity contribution in [2.75, 3.05) is 0 Å². The number of hydrogen-bond donors (Lipinski definition) is 0. The van der Waals surface area contributed by atoms with Crippen molar-refractivity contribution in [1.82, 2.24) is 9.38 Å². The van der Waals surface area contributed by atoms with Crippen LogP contribution in [0.2, 0.25) is 0 Å². The minimum Gasteiger partial charge on any atom is -0.306 e. The highest BCUT2D eigenvalue weighted by atomic mass is 14.9. The van der Waals surface area contributed by atoms with Crippen LogP contribution in [0.15, 0.2) is 146 Å². The number of rotatable bonds is 2.